The first-order chi connectivity index (χ1) is 11.3. The maximum absolute atomic E-state index is 11.7. The number of carbonyl (C=O) groups is 1. The van der Waals surface area contributed by atoms with Gasteiger partial charge in [-0.05, 0) is 39.5 Å². The Hall–Kier alpha value is -1.99. The molecule has 0 aliphatic rings. The van der Waals surface area contributed by atoms with E-state index in [1.54, 1.807) is 0 Å². The molecular weight excluding hydrogens is 442 g/mol. The number of aromatic hydroxyl groups is 1. The Bertz CT molecular complexity index is 1120. The molecule has 4 N–H and O–H groups in total. The number of halogens is 1. The van der Waals surface area contributed by atoms with Crippen LogP contribution < -0.4 is 5.32 Å². The number of hydrogen-bond acceptors (Lipinski definition) is 6. The van der Waals surface area contributed by atoms with Crippen molar-refractivity contribution < 1.29 is 35.8 Å². The topological polar surface area (TPSA) is 158 Å². The molecule has 0 saturated carbocycles. The Morgan fingerprint density at radius 2 is 1.64 bits per heavy atom. The van der Waals surface area contributed by atoms with Crippen LogP contribution in [0.5, 0.6) is 5.75 Å². The van der Waals surface area contributed by atoms with Gasteiger partial charge in [0.2, 0.25) is 0 Å². The molecule has 0 atom stereocenters. The Labute approximate surface area is 150 Å². The van der Waals surface area contributed by atoms with Crippen molar-refractivity contribution in [2.24, 2.45) is 0 Å². The molecule has 2 aromatic carbocycles. The summed E-state index contributed by atoms with van der Waals surface area (Å²) in [7, 11) is -9.48. The van der Waals surface area contributed by atoms with Gasteiger partial charge in [-0.2, -0.15) is 16.8 Å². The summed E-state index contributed by atoms with van der Waals surface area (Å²) in [4.78, 5) is 10.3. The average Bonchev–Trinajstić information content (AvgIpc) is 2.44. The fraction of sp³-hybridized carbons (Fsp3) is 0. The van der Waals surface area contributed by atoms with Crippen LogP contribution >= 0.6 is 15.9 Å². The first-order valence-electron chi connectivity index (χ1n) is 6.22. The van der Waals surface area contributed by atoms with Crippen LogP contribution in [0.1, 0.15) is 0 Å². The van der Waals surface area contributed by atoms with E-state index >= 15 is 0 Å². The summed E-state index contributed by atoms with van der Waals surface area (Å²) in [6.07, 6.45) is 0. The highest BCUT2D eigenvalue weighted by Gasteiger charge is 2.21. The van der Waals surface area contributed by atoms with Crippen LogP contribution in [0.25, 0.3) is 10.8 Å². The minimum absolute atomic E-state index is 0.0321. The van der Waals surface area contributed by atoms with Crippen molar-refractivity contribution >= 4 is 58.5 Å². The minimum atomic E-state index is -4.81. The second kappa shape index (κ2) is 6.38. The zero-order valence-electron chi connectivity index (χ0n) is 12.1. The van der Waals surface area contributed by atoms with E-state index in [0.29, 0.717) is 0 Å². The third-order valence-electron chi connectivity index (χ3n) is 3.07. The smallest absolute Gasteiger partial charge is 0.296 e. The molecule has 1 amide bonds. The van der Waals surface area contributed by atoms with E-state index in [0.717, 1.165) is 24.3 Å². The summed E-state index contributed by atoms with van der Waals surface area (Å²) >= 11 is 2.81. The van der Waals surface area contributed by atoms with E-state index < -0.39 is 41.7 Å². The van der Waals surface area contributed by atoms with Gasteiger partial charge in [0.25, 0.3) is 26.1 Å². The van der Waals surface area contributed by atoms with Gasteiger partial charge in [-0.1, -0.05) is 6.58 Å². The van der Waals surface area contributed by atoms with Crippen LogP contribution in [-0.4, -0.2) is 37.0 Å². The van der Waals surface area contributed by atoms with Crippen LogP contribution in [0.2, 0.25) is 0 Å². The van der Waals surface area contributed by atoms with E-state index in [1.165, 1.54) is 0 Å². The number of phenolic OH excluding ortho intramolecular Hbond substituents is 1. The van der Waals surface area contributed by atoms with Gasteiger partial charge in [-0.3, -0.25) is 13.9 Å². The van der Waals surface area contributed by atoms with E-state index in [-0.39, 0.29) is 20.9 Å². The molecule has 12 heteroatoms. The number of amides is 1. The highest BCUT2D eigenvalue weighted by atomic mass is 79.9. The van der Waals surface area contributed by atoms with E-state index in [4.69, 9.17) is 4.55 Å². The van der Waals surface area contributed by atoms with Crippen molar-refractivity contribution in [1.82, 2.24) is 0 Å². The number of carbonyl (C=O) groups excluding carboxylic acids is 1. The molecule has 0 fully saturated rings. The summed E-state index contributed by atoms with van der Waals surface area (Å²) in [5, 5.41) is 12.0. The molecule has 0 saturated heterocycles. The quantitative estimate of drug-likeness (QED) is 0.405. The third-order valence-corrected chi connectivity index (χ3v) is 5.16. The Morgan fingerprint density at radius 1 is 1.04 bits per heavy atom. The predicted octanol–water partition coefficient (Wildman–Crippen LogP) is 1.89. The number of hydrogen-bond donors (Lipinski definition) is 4. The highest BCUT2D eigenvalue weighted by molar-refractivity contribution is 9.12. The van der Waals surface area contributed by atoms with Crippen molar-refractivity contribution in [3.8, 4) is 5.75 Å². The Balaban J connectivity index is 2.84. The minimum Gasteiger partial charge on any atom is -0.507 e. The molecule has 0 heterocycles. The van der Waals surface area contributed by atoms with Gasteiger partial charge >= 0.3 is 0 Å². The molecule has 2 aromatic rings. The second-order valence-electron chi connectivity index (χ2n) is 4.82. The van der Waals surface area contributed by atoms with Gasteiger partial charge in [0, 0.05) is 11.5 Å². The molecule has 0 bridgehead atoms. The lowest BCUT2D eigenvalue weighted by molar-refractivity contribution is -0.112. The summed E-state index contributed by atoms with van der Waals surface area (Å²) in [5.74, 6) is -1.40. The van der Waals surface area contributed by atoms with Gasteiger partial charge in [-0.15, -0.1) is 0 Å². The molecule has 2 rings (SSSR count). The maximum atomic E-state index is 11.7. The Kier molecular flexibility index (Phi) is 4.94. The molecule has 25 heavy (non-hydrogen) atoms. The molecule has 0 radical (unpaired) electrons. The Morgan fingerprint density at radius 3 is 2.12 bits per heavy atom. The standard InChI is InChI=1S/C13H10BrNO8S2/c1-6(14)13(17)15-10-5-9-7(3-12(10)25(21,22)23)2-8(4-11(9)16)24(18,19)20/h2-5,16H,1H2,(H,15,17)(H,18,19,20)(H,21,22,23). The number of phenols is 1. The zero-order chi connectivity index (χ0) is 19.2. The van der Waals surface area contributed by atoms with Gasteiger partial charge in [0.1, 0.15) is 10.6 Å². The molecule has 134 valence electrons. The third kappa shape index (κ3) is 4.16. The van der Waals surface area contributed by atoms with Gasteiger partial charge in [0.15, 0.2) is 0 Å². The molecule has 9 nitrogen and oxygen atoms in total. The van der Waals surface area contributed by atoms with Crippen LogP contribution in [0.3, 0.4) is 0 Å². The lowest BCUT2D eigenvalue weighted by Gasteiger charge is -2.12. The monoisotopic (exact) mass is 451 g/mol. The molecule has 0 aliphatic carbocycles. The highest BCUT2D eigenvalue weighted by Crippen LogP contribution is 2.35. The fourth-order valence-corrected chi connectivity index (χ4v) is 3.29. The molecule has 0 spiro atoms. The van der Waals surface area contributed by atoms with Crippen molar-refractivity contribution in [2.45, 2.75) is 9.79 Å². The summed E-state index contributed by atoms with van der Waals surface area (Å²) < 4.78 is 63.8. The lowest BCUT2D eigenvalue weighted by atomic mass is 10.1. The van der Waals surface area contributed by atoms with Crippen LogP contribution in [0.15, 0.2) is 45.1 Å². The maximum Gasteiger partial charge on any atom is 0.296 e. The van der Waals surface area contributed by atoms with Crippen LogP contribution in [0, 0.1) is 0 Å². The summed E-state index contributed by atoms with van der Waals surface area (Å²) in [6, 6.07) is 3.51. The number of rotatable bonds is 4. The summed E-state index contributed by atoms with van der Waals surface area (Å²) in [6.45, 7) is 3.31. The van der Waals surface area contributed by atoms with Gasteiger partial charge in [-0.25, -0.2) is 0 Å². The molecule has 0 aromatic heterocycles. The number of benzene rings is 2. The van der Waals surface area contributed by atoms with Gasteiger partial charge in [0.05, 0.1) is 15.1 Å². The van der Waals surface area contributed by atoms with E-state index in [9.17, 15) is 31.3 Å². The fourth-order valence-electron chi connectivity index (χ4n) is 1.99. The molecular formula is C13H10BrNO8S2. The normalized spacial score (nSPS) is 12.1. The number of anilines is 1. The van der Waals surface area contributed by atoms with Crippen molar-refractivity contribution in [3.05, 3.63) is 35.3 Å². The SMILES string of the molecule is C=C(Br)C(=O)Nc1cc2c(O)cc(S(=O)(=O)O)cc2cc1S(=O)(=O)O. The predicted molar refractivity (Wildman–Crippen MR) is 91.9 cm³/mol. The van der Waals surface area contributed by atoms with Crippen LogP contribution in [-0.2, 0) is 25.0 Å². The number of nitrogens with one attached hydrogen (secondary N) is 1. The number of fused-ring (bicyclic) bond motifs is 1. The average molecular weight is 452 g/mol. The zero-order valence-corrected chi connectivity index (χ0v) is 15.3. The van der Waals surface area contributed by atoms with E-state index in [1.807, 2.05) is 0 Å². The van der Waals surface area contributed by atoms with E-state index in [2.05, 4.69) is 27.8 Å². The first-order valence-corrected chi connectivity index (χ1v) is 9.89. The van der Waals surface area contributed by atoms with Crippen molar-refractivity contribution in [2.75, 3.05) is 5.32 Å². The lowest BCUT2D eigenvalue weighted by Crippen LogP contribution is -2.14. The molecule has 0 unspecified atom stereocenters. The van der Waals surface area contributed by atoms with Crippen molar-refractivity contribution in [1.29, 1.82) is 0 Å². The second-order valence-corrected chi connectivity index (χ2v) is 8.59. The molecule has 0 aliphatic heterocycles. The first kappa shape index (κ1) is 19.3. The summed E-state index contributed by atoms with van der Waals surface area (Å²) in [5.41, 5.74) is -0.365. The van der Waals surface area contributed by atoms with Gasteiger partial charge < -0.3 is 10.4 Å². The largest absolute Gasteiger partial charge is 0.507 e. The van der Waals surface area contributed by atoms with Crippen molar-refractivity contribution in [3.63, 3.8) is 0 Å². The van der Waals surface area contributed by atoms with Crippen LogP contribution in [0.4, 0.5) is 5.69 Å².